The predicted molar refractivity (Wildman–Crippen MR) is 94.6 cm³/mol. The largest absolute Gasteiger partial charge is 0.325 e. The molecule has 0 aromatic heterocycles. The standard InChI is InChI=1S/C17H18ClFN2OS/c1-21(10-14-15(18)7-4-8-16(14)19)11-17(22)20-12-5-3-6-13(9-12)23-2/h3-9H,10-11H2,1-2H3,(H,20,22). The van der Waals surface area contributed by atoms with E-state index in [2.05, 4.69) is 5.32 Å². The highest BCUT2D eigenvalue weighted by Gasteiger charge is 2.12. The first-order valence-electron chi connectivity index (χ1n) is 7.05. The SMILES string of the molecule is CSc1cccc(NC(=O)CN(C)Cc2c(F)cccc2Cl)c1. The summed E-state index contributed by atoms with van der Waals surface area (Å²) in [5.41, 5.74) is 1.15. The Balaban J connectivity index is 1.94. The number of carbonyl (C=O) groups is 1. The highest BCUT2D eigenvalue weighted by Crippen LogP contribution is 2.21. The van der Waals surface area contributed by atoms with Gasteiger partial charge in [0.25, 0.3) is 0 Å². The van der Waals surface area contributed by atoms with Crippen LogP contribution >= 0.6 is 23.4 Å². The Morgan fingerprint density at radius 1 is 1.30 bits per heavy atom. The average Bonchev–Trinajstić information content (AvgIpc) is 2.51. The lowest BCUT2D eigenvalue weighted by Gasteiger charge is -2.17. The number of likely N-dealkylation sites (N-methyl/N-ethyl adjacent to an activating group) is 1. The molecule has 122 valence electrons. The van der Waals surface area contributed by atoms with E-state index in [9.17, 15) is 9.18 Å². The van der Waals surface area contributed by atoms with Crippen molar-refractivity contribution >= 4 is 35.0 Å². The molecule has 0 unspecified atom stereocenters. The van der Waals surface area contributed by atoms with Crippen molar-refractivity contribution in [3.63, 3.8) is 0 Å². The van der Waals surface area contributed by atoms with E-state index in [0.717, 1.165) is 10.6 Å². The summed E-state index contributed by atoms with van der Waals surface area (Å²) in [5, 5.41) is 3.21. The third-order valence-corrected chi connectivity index (χ3v) is 4.34. The average molecular weight is 353 g/mol. The monoisotopic (exact) mass is 352 g/mol. The minimum atomic E-state index is -0.363. The molecule has 0 atom stereocenters. The van der Waals surface area contributed by atoms with Crippen molar-refractivity contribution in [1.82, 2.24) is 4.90 Å². The topological polar surface area (TPSA) is 32.3 Å². The normalized spacial score (nSPS) is 10.8. The van der Waals surface area contributed by atoms with Gasteiger partial charge in [-0.1, -0.05) is 23.7 Å². The van der Waals surface area contributed by atoms with Gasteiger partial charge in [-0.2, -0.15) is 0 Å². The van der Waals surface area contributed by atoms with Crippen LogP contribution in [0.25, 0.3) is 0 Å². The number of nitrogens with one attached hydrogen (secondary N) is 1. The number of halogens is 2. The van der Waals surface area contributed by atoms with E-state index in [1.807, 2.05) is 30.5 Å². The van der Waals surface area contributed by atoms with E-state index in [-0.39, 0.29) is 24.8 Å². The smallest absolute Gasteiger partial charge is 0.238 e. The van der Waals surface area contributed by atoms with Gasteiger partial charge in [-0.3, -0.25) is 9.69 Å². The van der Waals surface area contributed by atoms with Crippen molar-refractivity contribution < 1.29 is 9.18 Å². The van der Waals surface area contributed by atoms with Crippen molar-refractivity contribution in [3.05, 3.63) is 58.9 Å². The number of benzene rings is 2. The molecule has 0 spiro atoms. The van der Waals surface area contributed by atoms with E-state index >= 15 is 0 Å². The maximum atomic E-state index is 13.8. The van der Waals surface area contributed by atoms with Crippen LogP contribution in [0.5, 0.6) is 0 Å². The van der Waals surface area contributed by atoms with Gasteiger partial charge in [0.2, 0.25) is 5.91 Å². The van der Waals surface area contributed by atoms with Gasteiger partial charge in [-0.25, -0.2) is 4.39 Å². The van der Waals surface area contributed by atoms with Crippen LogP contribution in [0, 0.1) is 5.82 Å². The second kappa shape index (κ2) is 8.34. The van der Waals surface area contributed by atoms with Crippen LogP contribution in [0.15, 0.2) is 47.4 Å². The van der Waals surface area contributed by atoms with Crippen molar-refractivity contribution in [3.8, 4) is 0 Å². The Labute approximate surface area is 144 Å². The van der Waals surface area contributed by atoms with Gasteiger partial charge in [-0.05, 0) is 43.6 Å². The fraction of sp³-hybridized carbons (Fsp3) is 0.235. The van der Waals surface area contributed by atoms with Gasteiger partial charge in [0.05, 0.1) is 6.54 Å². The van der Waals surface area contributed by atoms with E-state index in [1.165, 1.54) is 6.07 Å². The Hall–Kier alpha value is -1.56. The molecule has 2 rings (SSSR count). The highest BCUT2D eigenvalue weighted by atomic mass is 35.5. The number of carbonyl (C=O) groups excluding carboxylic acids is 1. The van der Waals surface area contributed by atoms with E-state index < -0.39 is 0 Å². The number of rotatable bonds is 6. The van der Waals surface area contributed by atoms with Crippen LogP contribution in [0.2, 0.25) is 5.02 Å². The van der Waals surface area contributed by atoms with Crippen LogP contribution in [0.4, 0.5) is 10.1 Å². The molecule has 0 aliphatic heterocycles. The fourth-order valence-electron chi connectivity index (χ4n) is 2.16. The second-order valence-corrected chi connectivity index (χ2v) is 6.44. The number of hydrogen-bond donors (Lipinski definition) is 1. The summed E-state index contributed by atoms with van der Waals surface area (Å²) in [4.78, 5) is 14.9. The molecule has 0 heterocycles. The fourth-order valence-corrected chi connectivity index (χ4v) is 2.84. The Kier molecular flexibility index (Phi) is 6.45. The molecule has 23 heavy (non-hydrogen) atoms. The molecule has 1 N–H and O–H groups in total. The van der Waals surface area contributed by atoms with Gasteiger partial charge in [-0.15, -0.1) is 11.8 Å². The van der Waals surface area contributed by atoms with Crippen LogP contribution in [0.3, 0.4) is 0 Å². The lowest BCUT2D eigenvalue weighted by atomic mass is 10.2. The first-order chi connectivity index (χ1) is 11.0. The van der Waals surface area contributed by atoms with Crippen LogP contribution in [-0.4, -0.2) is 30.7 Å². The molecule has 2 aromatic carbocycles. The second-order valence-electron chi connectivity index (χ2n) is 5.15. The molecule has 0 fully saturated rings. The zero-order chi connectivity index (χ0) is 16.8. The molecule has 0 saturated carbocycles. The summed E-state index contributed by atoms with van der Waals surface area (Å²) >= 11 is 7.61. The molecule has 0 radical (unpaired) electrons. The predicted octanol–water partition coefficient (Wildman–Crippen LogP) is 4.27. The van der Waals surface area contributed by atoms with Crippen LogP contribution in [0.1, 0.15) is 5.56 Å². The number of thioether (sulfide) groups is 1. The van der Waals surface area contributed by atoms with Crippen molar-refractivity contribution in [2.75, 3.05) is 25.2 Å². The third kappa shape index (κ3) is 5.23. The summed E-state index contributed by atoms with van der Waals surface area (Å²) < 4.78 is 13.8. The Bertz CT molecular complexity index is 676. The van der Waals surface area contributed by atoms with Crippen LogP contribution in [-0.2, 0) is 11.3 Å². The van der Waals surface area contributed by atoms with Gasteiger partial charge < -0.3 is 5.32 Å². The third-order valence-electron chi connectivity index (χ3n) is 3.26. The molecule has 0 aliphatic carbocycles. The zero-order valence-corrected chi connectivity index (χ0v) is 14.5. The first kappa shape index (κ1) is 17.8. The molecule has 6 heteroatoms. The van der Waals surface area contributed by atoms with E-state index in [0.29, 0.717) is 10.6 Å². The van der Waals surface area contributed by atoms with E-state index in [4.69, 9.17) is 11.6 Å². The molecule has 2 aromatic rings. The van der Waals surface area contributed by atoms with Gasteiger partial charge in [0.15, 0.2) is 0 Å². The summed E-state index contributed by atoms with van der Waals surface area (Å²) in [7, 11) is 1.75. The van der Waals surface area contributed by atoms with Crippen molar-refractivity contribution in [1.29, 1.82) is 0 Å². The maximum Gasteiger partial charge on any atom is 0.238 e. The van der Waals surface area contributed by atoms with E-state index in [1.54, 1.807) is 35.8 Å². The minimum Gasteiger partial charge on any atom is -0.325 e. The van der Waals surface area contributed by atoms with Gasteiger partial charge >= 0.3 is 0 Å². The number of amides is 1. The molecule has 0 saturated heterocycles. The molecular formula is C17H18ClFN2OS. The molecule has 3 nitrogen and oxygen atoms in total. The first-order valence-corrected chi connectivity index (χ1v) is 8.65. The summed E-state index contributed by atoms with van der Waals surface area (Å²) in [6, 6.07) is 12.2. The summed E-state index contributed by atoms with van der Waals surface area (Å²) in [6.45, 7) is 0.415. The van der Waals surface area contributed by atoms with Crippen molar-refractivity contribution in [2.45, 2.75) is 11.4 Å². The molecule has 1 amide bonds. The van der Waals surface area contributed by atoms with Crippen LogP contribution < -0.4 is 5.32 Å². The zero-order valence-electron chi connectivity index (χ0n) is 13.0. The Morgan fingerprint density at radius 3 is 2.74 bits per heavy atom. The summed E-state index contributed by atoms with van der Waals surface area (Å²) in [6.07, 6.45) is 1.98. The lowest BCUT2D eigenvalue weighted by Crippen LogP contribution is -2.30. The number of hydrogen-bond acceptors (Lipinski definition) is 3. The maximum absolute atomic E-state index is 13.8. The minimum absolute atomic E-state index is 0.147. The van der Waals surface area contributed by atoms with Crippen molar-refractivity contribution in [2.24, 2.45) is 0 Å². The lowest BCUT2D eigenvalue weighted by molar-refractivity contribution is -0.117. The Morgan fingerprint density at radius 2 is 2.04 bits per heavy atom. The molecular weight excluding hydrogens is 335 g/mol. The van der Waals surface area contributed by atoms with Gasteiger partial charge in [0.1, 0.15) is 5.82 Å². The number of anilines is 1. The quantitative estimate of drug-likeness (QED) is 0.788. The number of nitrogens with zero attached hydrogens (tertiary/aromatic N) is 1. The summed E-state index contributed by atoms with van der Waals surface area (Å²) in [5.74, 6) is -0.518. The highest BCUT2D eigenvalue weighted by molar-refractivity contribution is 7.98. The van der Waals surface area contributed by atoms with Gasteiger partial charge in [0, 0.05) is 27.7 Å². The molecule has 0 aliphatic rings. The molecule has 0 bridgehead atoms.